The molecule has 0 aliphatic carbocycles. The van der Waals surface area contributed by atoms with Crippen molar-refractivity contribution in [2.45, 2.75) is 44.7 Å². The number of nitrogens with zero attached hydrogens (tertiary/aromatic N) is 2. The van der Waals surface area contributed by atoms with Crippen molar-refractivity contribution in [2.24, 2.45) is 0 Å². The molecule has 1 aromatic rings. The van der Waals surface area contributed by atoms with Gasteiger partial charge >= 0.3 is 0 Å². The first kappa shape index (κ1) is 13.0. The van der Waals surface area contributed by atoms with Crippen LogP contribution in [0.2, 0.25) is 0 Å². The van der Waals surface area contributed by atoms with Crippen LogP contribution in [0.1, 0.15) is 43.8 Å². The number of aryl methyl sites for hydroxylation is 1. The summed E-state index contributed by atoms with van der Waals surface area (Å²) in [6, 6.07) is 0.545. The van der Waals surface area contributed by atoms with E-state index in [0.29, 0.717) is 6.04 Å². The lowest BCUT2D eigenvalue weighted by atomic mass is 10.1. The summed E-state index contributed by atoms with van der Waals surface area (Å²) in [5, 5.41) is 3.55. The Labute approximate surface area is 108 Å². The minimum atomic E-state index is 0.545. The minimum absolute atomic E-state index is 0.545. The zero-order valence-corrected chi connectivity index (χ0v) is 11.5. The Morgan fingerprint density at radius 1 is 1.47 bits per heavy atom. The van der Waals surface area contributed by atoms with E-state index in [4.69, 9.17) is 0 Å². The van der Waals surface area contributed by atoms with Crippen molar-refractivity contribution in [3.63, 3.8) is 0 Å². The number of nitrogens with one attached hydrogen (secondary N) is 1. The zero-order valence-electron chi connectivity index (χ0n) is 10.7. The van der Waals surface area contributed by atoms with Gasteiger partial charge in [-0.25, -0.2) is 4.98 Å². The molecule has 0 unspecified atom stereocenters. The van der Waals surface area contributed by atoms with E-state index >= 15 is 0 Å². The van der Waals surface area contributed by atoms with Crippen LogP contribution in [0.15, 0.2) is 12.5 Å². The van der Waals surface area contributed by atoms with E-state index < -0.39 is 0 Å². The van der Waals surface area contributed by atoms with Crippen molar-refractivity contribution >= 4 is 11.8 Å². The van der Waals surface area contributed by atoms with E-state index in [1.807, 2.05) is 24.3 Å². The molecule has 0 spiro atoms. The number of hydrogen-bond donors (Lipinski definition) is 1. The quantitative estimate of drug-likeness (QED) is 0.758. The molecule has 0 aromatic carbocycles. The van der Waals surface area contributed by atoms with Crippen LogP contribution in [0.25, 0.3) is 0 Å². The molecule has 4 heteroatoms. The van der Waals surface area contributed by atoms with Crippen LogP contribution in [-0.4, -0.2) is 28.1 Å². The molecule has 3 nitrogen and oxygen atoms in total. The number of rotatable bonds is 7. The summed E-state index contributed by atoms with van der Waals surface area (Å²) in [5.41, 5.74) is 1.38. The highest BCUT2D eigenvalue weighted by atomic mass is 32.2. The normalized spacial score (nSPS) is 19.9. The first-order chi connectivity index (χ1) is 8.42. The van der Waals surface area contributed by atoms with Crippen LogP contribution in [0, 0.1) is 0 Å². The second-order valence-electron chi connectivity index (χ2n) is 4.71. The maximum absolute atomic E-state index is 4.30. The van der Waals surface area contributed by atoms with Gasteiger partial charge in [-0.3, -0.25) is 0 Å². The van der Waals surface area contributed by atoms with E-state index in [1.165, 1.54) is 43.6 Å². The Hall–Kier alpha value is -0.480. The van der Waals surface area contributed by atoms with Crippen molar-refractivity contribution in [3.8, 4) is 0 Å². The van der Waals surface area contributed by atoms with Crippen molar-refractivity contribution in [1.82, 2.24) is 14.9 Å². The molecular weight excluding hydrogens is 230 g/mol. The largest absolute Gasteiger partial charge is 0.333 e. The SMILES string of the molecule is CSCCCCCn1cncc1[C@@H]1CCCN1. The smallest absolute Gasteiger partial charge is 0.0948 e. The lowest BCUT2D eigenvalue weighted by Crippen LogP contribution is -2.16. The molecule has 17 heavy (non-hydrogen) atoms. The molecule has 1 saturated heterocycles. The van der Waals surface area contributed by atoms with Crippen LogP contribution in [0.3, 0.4) is 0 Å². The monoisotopic (exact) mass is 253 g/mol. The zero-order chi connectivity index (χ0) is 11.9. The highest BCUT2D eigenvalue weighted by Crippen LogP contribution is 2.22. The van der Waals surface area contributed by atoms with Crippen LogP contribution in [0.4, 0.5) is 0 Å². The van der Waals surface area contributed by atoms with E-state index in [-0.39, 0.29) is 0 Å². The number of aromatic nitrogens is 2. The van der Waals surface area contributed by atoms with Crippen molar-refractivity contribution in [2.75, 3.05) is 18.6 Å². The fraction of sp³-hybridized carbons (Fsp3) is 0.769. The Morgan fingerprint density at radius 2 is 2.41 bits per heavy atom. The van der Waals surface area contributed by atoms with Gasteiger partial charge < -0.3 is 9.88 Å². The number of hydrogen-bond acceptors (Lipinski definition) is 3. The van der Waals surface area contributed by atoms with E-state index in [1.54, 1.807) is 0 Å². The molecule has 1 aliphatic rings. The summed E-state index contributed by atoms with van der Waals surface area (Å²) in [6.45, 7) is 2.28. The first-order valence-electron chi connectivity index (χ1n) is 6.64. The number of unbranched alkanes of at least 4 members (excludes halogenated alkanes) is 2. The molecule has 96 valence electrons. The Morgan fingerprint density at radius 3 is 3.18 bits per heavy atom. The number of thioether (sulfide) groups is 1. The Bertz CT molecular complexity index is 318. The molecule has 0 amide bonds. The van der Waals surface area contributed by atoms with Gasteiger partial charge in [0.05, 0.1) is 12.0 Å². The topological polar surface area (TPSA) is 29.9 Å². The van der Waals surface area contributed by atoms with E-state index in [9.17, 15) is 0 Å². The highest BCUT2D eigenvalue weighted by molar-refractivity contribution is 7.98. The van der Waals surface area contributed by atoms with Gasteiger partial charge in [-0.15, -0.1) is 0 Å². The van der Waals surface area contributed by atoms with Crippen molar-refractivity contribution in [1.29, 1.82) is 0 Å². The molecular formula is C13H23N3S. The molecule has 1 aromatic heterocycles. The molecule has 2 rings (SSSR count). The molecule has 1 fully saturated rings. The van der Waals surface area contributed by atoms with Crippen LogP contribution in [0.5, 0.6) is 0 Å². The first-order valence-corrected chi connectivity index (χ1v) is 8.03. The Kier molecular flexibility index (Phi) is 5.39. The summed E-state index contributed by atoms with van der Waals surface area (Å²) in [6.07, 6.45) is 12.7. The average Bonchev–Trinajstić information content (AvgIpc) is 2.98. The maximum atomic E-state index is 4.30. The molecule has 0 bridgehead atoms. The van der Waals surface area contributed by atoms with Gasteiger partial charge in [0.25, 0.3) is 0 Å². The minimum Gasteiger partial charge on any atom is -0.333 e. The van der Waals surface area contributed by atoms with E-state index in [0.717, 1.165) is 13.1 Å². The van der Waals surface area contributed by atoms with Gasteiger partial charge in [0.1, 0.15) is 0 Å². The third-order valence-electron chi connectivity index (χ3n) is 3.41. The predicted molar refractivity (Wildman–Crippen MR) is 74.4 cm³/mol. The van der Waals surface area contributed by atoms with Crippen LogP contribution in [-0.2, 0) is 6.54 Å². The third-order valence-corrected chi connectivity index (χ3v) is 4.11. The van der Waals surface area contributed by atoms with Gasteiger partial charge in [-0.1, -0.05) is 6.42 Å². The van der Waals surface area contributed by atoms with Crippen molar-refractivity contribution < 1.29 is 0 Å². The van der Waals surface area contributed by atoms with Gasteiger partial charge in [-0.2, -0.15) is 11.8 Å². The molecule has 1 N–H and O–H groups in total. The second kappa shape index (κ2) is 7.07. The fourth-order valence-electron chi connectivity index (χ4n) is 2.45. The highest BCUT2D eigenvalue weighted by Gasteiger charge is 2.19. The maximum Gasteiger partial charge on any atom is 0.0948 e. The number of imidazole rings is 1. The lowest BCUT2D eigenvalue weighted by molar-refractivity contribution is 0.536. The summed E-state index contributed by atoms with van der Waals surface area (Å²) in [7, 11) is 0. The Balaban J connectivity index is 1.78. The molecule has 1 aliphatic heterocycles. The van der Waals surface area contributed by atoms with Gasteiger partial charge in [0.2, 0.25) is 0 Å². The molecule has 0 radical (unpaired) electrons. The van der Waals surface area contributed by atoms with Gasteiger partial charge in [0, 0.05) is 18.8 Å². The fourth-order valence-corrected chi connectivity index (χ4v) is 2.94. The van der Waals surface area contributed by atoms with Crippen LogP contribution < -0.4 is 5.32 Å². The summed E-state index contributed by atoms with van der Waals surface area (Å²) < 4.78 is 2.34. The average molecular weight is 253 g/mol. The third kappa shape index (κ3) is 3.75. The summed E-state index contributed by atoms with van der Waals surface area (Å²) in [4.78, 5) is 4.30. The standard InChI is InChI=1S/C13H23N3S/c1-17-9-4-2-3-8-16-11-14-10-13(16)12-6-5-7-15-12/h10-12,15H,2-9H2,1H3/t12-/m0/s1. The van der Waals surface area contributed by atoms with Gasteiger partial charge in [0.15, 0.2) is 0 Å². The predicted octanol–water partition coefficient (Wildman–Crippen LogP) is 2.84. The summed E-state index contributed by atoms with van der Waals surface area (Å²) in [5.74, 6) is 1.29. The molecule has 1 atom stereocenters. The van der Waals surface area contributed by atoms with Gasteiger partial charge in [-0.05, 0) is 44.2 Å². The van der Waals surface area contributed by atoms with E-state index in [2.05, 4.69) is 21.1 Å². The second-order valence-corrected chi connectivity index (χ2v) is 5.70. The van der Waals surface area contributed by atoms with Crippen molar-refractivity contribution in [3.05, 3.63) is 18.2 Å². The van der Waals surface area contributed by atoms with Crippen LogP contribution >= 0.6 is 11.8 Å². The molecule has 2 heterocycles. The molecule has 0 saturated carbocycles. The lowest BCUT2D eigenvalue weighted by Gasteiger charge is -2.13. The summed E-state index contributed by atoms with van der Waals surface area (Å²) >= 11 is 1.94.